The number of carbonyl (C=O) groups is 2. The summed E-state index contributed by atoms with van der Waals surface area (Å²) in [5, 5.41) is 11.7. The number of amides is 1. The highest BCUT2D eigenvalue weighted by Gasteiger charge is 2.48. The zero-order valence-electron chi connectivity index (χ0n) is 22.1. The fraction of sp³-hybridized carbons (Fsp3) is 0.258. The summed E-state index contributed by atoms with van der Waals surface area (Å²) in [4.78, 5) is 33.1. The van der Waals surface area contributed by atoms with Gasteiger partial charge in [-0.3, -0.25) is 14.5 Å². The highest BCUT2D eigenvalue weighted by Crippen LogP contribution is 2.45. The van der Waals surface area contributed by atoms with E-state index in [1.807, 2.05) is 55.5 Å². The zero-order chi connectivity index (χ0) is 27.5. The summed E-state index contributed by atoms with van der Waals surface area (Å²) in [6.45, 7) is 7.25. The fourth-order valence-electron chi connectivity index (χ4n) is 4.54. The van der Waals surface area contributed by atoms with Gasteiger partial charge < -0.3 is 14.6 Å². The van der Waals surface area contributed by atoms with E-state index in [4.69, 9.17) is 14.5 Å². The van der Waals surface area contributed by atoms with Crippen molar-refractivity contribution in [2.75, 3.05) is 18.1 Å². The van der Waals surface area contributed by atoms with E-state index in [0.29, 0.717) is 52.4 Å². The van der Waals surface area contributed by atoms with Crippen molar-refractivity contribution in [2.45, 2.75) is 33.2 Å². The number of benzene rings is 3. The van der Waals surface area contributed by atoms with Gasteiger partial charge in [0.25, 0.3) is 5.78 Å². The molecular formula is C31H30N2O5S. The van der Waals surface area contributed by atoms with Gasteiger partial charge >= 0.3 is 5.91 Å². The number of Topliss-reactive ketones (excluding diaryl/α,β-unsaturated/α-hetero) is 1. The summed E-state index contributed by atoms with van der Waals surface area (Å²) in [7, 11) is 0. The van der Waals surface area contributed by atoms with Crippen LogP contribution in [0.5, 0.6) is 11.5 Å². The van der Waals surface area contributed by atoms with Crippen molar-refractivity contribution < 1.29 is 24.2 Å². The molecule has 0 spiro atoms. The Labute approximate surface area is 231 Å². The molecule has 1 N–H and O–H groups in total. The van der Waals surface area contributed by atoms with Crippen LogP contribution in [0.3, 0.4) is 0 Å². The molecule has 0 aliphatic carbocycles. The van der Waals surface area contributed by atoms with Gasteiger partial charge in [0.1, 0.15) is 17.3 Å². The van der Waals surface area contributed by atoms with E-state index in [9.17, 15) is 14.7 Å². The van der Waals surface area contributed by atoms with Gasteiger partial charge in [0.15, 0.2) is 5.13 Å². The first kappa shape index (κ1) is 26.4. The quantitative estimate of drug-likeness (QED) is 0.143. The predicted molar refractivity (Wildman–Crippen MR) is 153 cm³/mol. The van der Waals surface area contributed by atoms with Crippen LogP contribution in [0.2, 0.25) is 0 Å². The van der Waals surface area contributed by atoms with E-state index in [1.54, 1.807) is 24.3 Å². The third-order valence-electron chi connectivity index (χ3n) is 6.50. The molecular weight excluding hydrogens is 512 g/mol. The van der Waals surface area contributed by atoms with Gasteiger partial charge in [-0.25, -0.2) is 4.98 Å². The number of thiazole rings is 1. The third-order valence-corrected chi connectivity index (χ3v) is 7.51. The molecule has 2 heterocycles. The van der Waals surface area contributed by atoms with Crippen LogP contribution in [0.15, 0.2) is 78.4 Å². The smallest absolute Gasteiger partial charge is 0.301 e. The number of ketones is 1. The summed E-state index contributed by atoms with van der Waals surface area (Å²) in [6.07, 6.45) is 0.895. The maximum atomic E-state index is 13.6. The molecule has 7 nitrogen and oxygen atoms in total. The van der Waals surface area contributed by atoms with Gasteiger partial charge in [0.05, 0.1) is 35.0 Å². The molecule has 1 aromatic heterocycles. The number of aliphatic hydroxyl groups excluding tert-OH is 1. The topological polar surface area (TPSA) is 89.0 Å². The highest BCUT2D eigenvalue weighted by atomic mass is 32.1. The molecule has 3 aromatic carbocycles. The van der Waals surface area contributed by atoms with Gasteiger partial charge in [0, 0.05) is 5.56 Å². The van der Waals surface area contributed by atoms with Crippen molar-refractivity contribution in [3.63, 3.8) is 0 Å². The summed E-state index contributed by atoms with van der Waals surface area (Å²) >= 11 is 1.30. The Hall–Kier alpha value is -4.17. The molecule has 0 bridgehead atoms. The van der Waals surface area contributed by atoms with Crippen LogP contribution < -0.4 is 14.4 Å². The second-order valence-electron chi connectivity index (χ2n) is 9.70. The summed E-state index contributed by atoms with van der Waals surface area (Å²) < 4.78 is 12.4. The van der Waals surface area contributed by atoms with E-state index in [2.05, 4.69) is 13.8 Å². The molecule has 1 aliphatic heterocycles. The number of hydrogen-bond acceptors (Lipinski definition) is 7. The van der Waals surface area contributed by atoms with Crippen molar-refractivity contribution in [2.24, 2.45) is 5.92 Å². The Morgan fingerprint density at radius 3 is 2.51 bits per heavy atom. The lowest BCUT2D eigenvalue weighted by atomic mass is 9.95. The predicted octanol–water partition coefficient (Wildman–Crippen LogP) is 6.75. The molecule has 0 radical (unpaired) electrons. The molecule has 1 amide bonds. The first-order valence-electron chi connectivity index (χ1n) is 13.0. The summed E-state index contributed by atoms with van der Waals surface area (Å²) in [5.74, 6) is 0.0911. The Morgan fingerprint density at radius 1 is 1.00 bits per heavy atom. The maximum absolute atomic E-state index is 13.6. The molecule has 5 rings (SSSR count). The Balaban J connectivity index is 1.63. The number of aliphatic hydroxyl groups is 1. The van der Waals surface area contributed by atoms with Gasteiger partial charge in [-0.2, -0.15) is 0 Å². The number of nitrogens with zero attached hydrogens (tertiary/aromatic N) is 2. The average molecular weight is 543 g/mol. The minimum absolute atomic E-state index is 0.0137. The van der Waals surface area contributed by atoms with Crippen molar-refractivity contribution in [1.29, 1.82) is 0 Å². The molecule has 1 unspecified atom stereocenters. The molecule has 1 aliphatic rings. The first-order valence-corrected chi connectivity index (χ1v) is 13.8. The largest absolute Gasteiger partial charge is 0.507 e. The second-order valence-corrected chi connectivity index (χ2v) is 10.7. The summed E-state index contributed by atoms with van der Waals surface area (Å²) in [6, 6.07) is 20.8. The summed E-state index contributed by atoms with van der Waals surface area (Å²) in [5.41, 5.74) is 1.80. The molecule has 1 saturated heterocycles. The Morgan fingerprint density at radius 2 is 1.77 bits per heavy atom. The van der Waals surface area contributed by atoms with Crippen LogP contribution >= 0.6 is 11.3 Å². The SMILES string of the molecule is CCOc1ccc2nc(N3C(=O)C(=O)C(=C(O)c4ccccc4)C3c3cccc(OCCC(C)C)c3)sc2c1. The van der Waals surface area contributed by atoms with Crippen LogP contribution in [0.1, 0.15) is 44.4 Å². The molecule has 1 atom stereocenters. The third kappa shape index (κ3) is 5.38. The lowest BCUT2D eigenvalue weighted by molar-refractivity contribution is -0.132. The maximum Gasteiger partial charge on any atom is 0.301 e. The van der Waals surface area contributed by atoms with Crippen molar-refractivity contribution in [1.82, 2.24) is 4.98 Å². The number of aromatic nitrogens is 1. The van der Waals surface area contributed by atoms with Crippen LogP contribution in [0, 0.1) is 5.92 Å². The Kier molecular flexibility index (Phi) is 7.65. The molecule has 8 heteroatoms. The number of anilines is 1. The van der Waals surface area contributed by atoms with Gasteiger partial charge in [-0.1, -0.05) is 67.6 Å². The Bertz CT molecular complexity index is 1540. The standard InChI is InChI=1S/C31H30N2O5S/c1-4-37-23-13-14-24-25(18-23)39-31(32-24)33-27(21-11-8-12-22(17-21)38-16-15-19(2)3)26(29(35)30(33)36)28(34)20-9-6-5-7-10-20/h5-14,17-19,27,34H,4,15-16H2,1-3H3. The van der Waals surface area contributed by atoms with Crippen LogP contribution in [-0.4, -0.2) is 35.0 Å². The molecule has 0 saturated carbocycles. The van der Waals surface area contributed by atoms with Crippen LogP contribution in [0.4, 0.5) is 5.13 Å². The molecule has 200 valence electrons. The number of hydrogen-bond donors (Lipinski definition) is 1. The van der Waals surface area contributed by atoms with Gasteiger partial charge in [0.2, 0.25) is 0 Å². The molecule has 4 aromatic rings. The first-order chi connectivity index (χ1) is 18.9. The number of carbonyl (C=O) groups excluding carboxylic acids is 2. The highest BCUT2D eigenvalue weighted by molar-refractivity contribution is 7.22. The van der Waals surface area contributed by atoms with E-state index >= 15 is 0 Å². The van der Waals surface area contributed by atoms with E-state index in [0.717, 1.165) is 11.1 Å². The molecule has 39 heavy (non-hydrogen) atoms. The average Bonchev–Trinajstić information content (AvgIpc) is 3.46. The fourth-order valence-corrected chi connectivity index (χ4v) is 5.56. The van der Waals surface area contributed by atoms with E-state index in [1.165, 1.54) is 16.2 Å². The van der Waals surface area contributed by atoms with Crippen molar-refractivity contribution in [3.05, 3.63) is 89.5 Å². The number of ether oxygens (including phenoxy) is 2. The molecule has 1 fully saturated rings. The van der Waals surface area contributed by atoms with Crippen LogP contribution in [0.25, 0.3) is 16.0 Å². The van der Waals surface area contributed by atoms with Crippen molar-refractivity contribution >= 4 is 44.1 Å². The number of fused-ring (bicyclic) bond motifs is 1. The monoisotopic (exact) mass is 542 g/mol. The number of rotatable bonds is 9. The van der Waals surface area contributed by atoms with E-state index in [-0.39, 0.29) is 11.3 Å². The van der Waals surface area contributed by atoms with Gasteiger partial charge in [-0.15, -0.1) is 0 Å². The van der Waals surface area contributed by atoms with E-state index < -0.39 is 17.7 Å². The van der Waals surface area contributed by atoms with Crippen molar-refractivity contribution in [3.8, 4) is 11.5 Å². The second kappa shape index (κ2) is 11.3. The van der Waals surface area contributed by atoms with Crippen LogP contribution in [-0.2, 0) is 9.59 Å². The zero-order valence-corrected chi connectivity index (χ0v) is 22.9. The lowest BCUT2D eigenvalue weighted by Crippen LogP contribution is -2.29. The van der Waals surface area contributed by atoms with Gasteiger partial charge in [-0.05, 0) is 55.2 Å². The lowest BCUT2D eigenvalue weighted by Gasteiger charge is -2.23. The minimum atomic E-state index is -0.884. The normalized spacial score (nSPS) is 16.8. The minimum Gasteiger partial charge on any atom is -0.507 e.